The molecule has 0 fully saturated rings. The van der Waals surface area contributed by atoms with E-state index in [9.17, 15) is 0 Å². The Morgan fingerprint density at radius 2 is 0.738 bits per heavy atom. The van der Waals surface area contributed by atoms with E-state index in [-0.39, 0.29) is 0 Å². The molecule has 0 saturated carbocycles. The Kier molecular flexibility index (Phi) is 29.5. The summed E-state index contributed by atoms with van der Waals surface area (Å²) >= 11 is 0. The molecule has 0 aromatic carbocycles. The lowest BCUT2D eigenvalue weighted by atomic mass is 10.0. The maximum atomic E-state index is 2.63. The van der Waals surface area contributed by atoms with Crippen molar-refractivity contribution in [2.24, 2.45) is 0 Å². The fraction of sp³-hybridized carbons (Fsp3) is 0.925. The molecule has 1 rings (SSSR count). The monoisotopic (exact) mass is 588 g/mol. The fourth-order valence-electron chi connectivity index (χ4n) is 6.68. The Morgan fingerprint density at radius 3 is 1.14 bits per heavy atom. The highest BCUT2D eigenvalue weighted by Gasteiger charge is 2.16. The first-order chi connectivity index (χ1) is 20.8. The third kappa shape index (κ3) is 23.6. The van der Waals surface area contributed by atoms with Gasteiger partial charge in [-0.25, -0.2) is 9.13 Å². The second-order valence-corrected chi connectivity index (χ2v) is 13.8. The molecule has 2 nitrogen and oxygen atoms in total. The molecule has 0 aliphatic carbocycles. The standard InChI is InChI=1S/C40H79N2/c1-4-7-10-13-16-18-20-21-22-24-26-28-31-34-37-42-39-38-41(36-33-30-15-12-9-6-3)40(42)35-32-29-27-25-23-19-17-14-11-8-5-2/h38-39H,4-37H2,1-3H3/q+1. The second kappa shape index (κ2) is 31.6. The molecule has 0 N–H and O–H groups in total. The number of hydrogen-bond donors (Lipinski definition) is 0. The zero-order chi connectivity index (χ0) is 30.2. The lowest BCUT2D eigenvalue weighted by Gasteiger charge is -2.07. The van der Waals surface area contributed by atoms with Crippen molar-refractivity contribution in [3.8, 4) is 0 Å². The Bertz CT molecular complexity index is 648. The number of nitrogens with zero attached hydrogens (tertiary/aromatic N) is 2. The highest BCUT2D eigenvalue weighted by Crippen LogP contribution is 2.15. The molecule has 2 heteroatoms. The van der Waals surface area contributed by atoms with Crippen LogP contribution in [0.1, 0.15) is 226 Å². The molecule has 0 amide bonds. The predicted octanol–water partition coefficient (Wildman–Crippen LogP) is 13.5. The van der Waals surface area contributed by atoms with E-state index in [1.807, 2.05) is 0 Å². The summed E-state index contributed by atoms with van der Waals surface area (Å²) in [5, 5.41) is 0. The molecule has 1 aromatic heterocycles. The Labute approximate surface area is 266 Å². The minimum Gasteiger partial charge on any atom is -0.234 e. The van der Waals surface area contributed by atoms with Crippen molar-refractivity contribution >= 4 is 0 Å². The van der Waals surface area contributed by atoms with Crippen molar-refractivity contribution in [2.45, 2.75) is 239 Å². The summed E-state index contributed by atoms with van der Waals surface area (Å²) in [4.78, 5) is 0. The fourth-order valence-corrected chi connectivity index (χ4v) is 6.68. The van der Waals surface area contributed by atoms with E-state index in [1.165, 1.54) is 219 Å². The molecule has 0 unspecified atom stereocenters. The smallest absolute Gasteiger partial charge is 0.234 e. The van der Waals surface area contributed by atoms with E-state index in [0.29, 0.717) is 0 Å². The zero-order valence-corrected chi connectivity index (χ0v) is 29.6. The van der Waals surface area contributed by atoms with Crippen LogP contribution in [0.2, 0.25) is 0 Å². The van der Waals surface area contributed by atoms with Gasteiger partial charge in [-0.05, 0) is 32.1 Å². The minimum absolute atomic E-state index is 1.23. The van der Waals surface area contributed by atoms with Crippen LogP contribution in [0, 0.1) is 0 Å². The van der Waals surface area contributed by atoms with Crippen LogP contribution in [-0.4, -0.2) is 4.57 Å². The van der Waals surface area contributed by atoms with Gasteiger partial charge in [-0.1, -0.05) is 188 Å². The minimum atomic E-state index is 1.23. The third-order valence-electron chi connectivity index (χ3n) is 9.60. The molecular weight excluding hydrogens is 508 g/mol. The van der Waals surface area contributed by atoms with Gasteiger partial charge in [0.2, 0.25) is 0 Å². The van der Waals surface area contributed by atoms with Crippen LogP contribution in [0.3, 0.4) is 0 Å². The summed E-state index contributed by atoms with van der Waals surface area (Å²) < 4.78 is 5.26. The van der Waals surface area contributed by atoms with Crippen LogP contribution in [-0.2, 0) is 19.5 Å². The van der Waals surface area contributed by atoms with Crippen LogP contribution >= 0.6 is 0 Å². The first kappa shape index (κ1) is 39.2. The molecule has 0 saturated heterocycles. The van der Waals surface area contributed by atoms with Crippen LogP contribution in [0.15, 0.2) is 12.4 Å². The molecule has 248 valence electrons. The summed E-state index contributed by atoms with van der Waals surface area (Å²) in [5.41, 5.74) is 0. The van der Waals surface area contributed by atoms with Crippen molar-refractivity contribution in [1.82, 2.24) is 4.57 Å². The van der Waals surface area contributed by atoms with Gasteiger partial charge in [0.15, 0.2) is 0 Å². The van der Waals surface area contributed by atoms with Gasteiger partial charge in [-0.2, -0.15) is 0 Å². The lowest BCUT2D eigenvalue weighted by molar-refractivity contribution is -0.704. The molecule has 0 atom stereocenters. The molecule has 0 aliphatic rings. The molecule has 0 radical (unpaired) electrons. The summed E-state index contributed by atoms with van der Waals surface area (Å²) in [5.74, 6) is 1.62. The highest BCUT2D eigenvalue weighted by atomic mass is 15.1. The van der Waals surface area contributed by atoms with Crippen molar-refractivity contribution in [3.05, 3.63) is 18.2 Å². The first-order valence-electron chi connectivity index (χ1n) is 19.9. The normalized spacial score (nSPS) is 11.6. The Balaban J connectivity index is 2.24. The van der Waals surface area contributed by atoms with Crippen molar-refractivity contribution in [1.29, 1.82) is 0 Å². The maximum Gasteiger partial charge on any atom is 0.256 e. The van der Waals surface area contributed by atoms with E-state index in [0.717, 1.165) is 0 Å². The average molecular weight is 588 g/mol. The topological polar surface area (TPSA) is 8.81 Å². The molecule has 1 aromatic rings. The summed E-state index contributed by atoms with van der Waals surface area (Å²) in [6.45, 7) is 9.40. The van der Waals surface area contributed by atoms with Gasteiger partial charge in [0.05, 0.1) is 13.1 Å². The van der Waals surface area contributed by atoms with Crippen molar-refractivity contribution in [3.63, 3.8) is 0 Å². The van der Waals surface area contributed by atoms with E-state index < -0.39 is 0 Å². The molecular formula is C40H79N2+. The van der Waals surface area contributed by atoms with E-state index in [4.69, 9.17) is 0 Å². The highest BCUT2D eigenvalue weighted by molar-refractivity contribution is 4.84. The van der Waals surface area contributed by atoms with Crippen LogP contribution in [0.25, 0.3) is 0 Å². The van der Waals surface area contributed by atoms with E-state index >= 15 is 0 Å². The largest absolute Gasteiger partial charge is 0.256 e. The summed E-state index contributed by atoms with van der Waals surface area (Å²) in [6, 6.07) is 0. The van der Waals surface area contributed by atoms with Crippen molar-refractivity contribution < 1.29 is 4.57 Å². The number of rotatable bonds is 34. The second-order valence-electron chi connectivity index (χ2n) is 13.8. The summed E-state index contributed by atoms with van der Waals surface area (Å²) in [6.07, 6.45) is 50.4. The maximum absolute atomic E-state index is 2.63. The molecule has 42 heavy (non-hydrogen) atoms. The van der Waals surface area contributed by atoms with E-state index in [2.05, 4.69) is 42.3 Å². The van der Waals surface area contributed by atoms with Gasteiger partial charge in [0.1, 0.15) is 12.4 Å². The number of imidazole rings is 1. The number of aryl methyl sites for hydroxylation is 2. The van der Waals surface area contributed by atoms with Gasteiger partial charge >= 0.3 is 0 Å². The number of aromatic nitrogens is 2. The summed E-state index contributed by atoms with van der Waals surface area (Å²) in [7, 11) is 0. The lowest BCUT2D eigenvalue weighted by Crippen LogP contribution is -2.37. The molecule has 0 aliphatic heterocycles. The van der Waals surface area contributed by atoms with Gasteiger partial charge < -0.3 is 0 Å². The van der Waals surface area contributed by atoms with Gasteiger partial charge in [0.25, 0.3) is 5.82 Å². The van der Waals surface area contributed by atoms with Gasteiger partial charge in [0, 0.05) is 6.42 Å². The quantitative estimate of drug-likeness (QED) is 0.0560. The van der Waals surface area contributed by atoms with Gasteiger partial charge in [-0.3, -0.25) is 0 Å². The molecule has 1 heterocycles. The Morgan fingerprint density at radius 1 is 0.405 bits per heavy atom. The molecule has 0 bridgehead atoms. The third-order valence-corrected chi connectivity index (χ3v) is 9.60. The van der Waals surface area contributed by atoms with E-state index in [1.54, 1.807) is 5.82 Å². The SMILES string of the molecule is CCCCCCCCCCCCCCCC[n+]1ccn(CCCCCCCC)c1CCCCCCCCCCCCC. The zero-order valence-electron chi connectivity index (χ0n) is 29.6. The van der Waals surface area contributed by atoms with Gasteiger partial charge in [-0.15, -0.1) is 0 Å². The average Bonchev–Trinajstić information content (AvgIpc) is 3.38. The molecule has 0 spiro atoms. The van der Waals surface area contributed by atoms with Crippen LogP contribution < -0.4 is 4.57 Å². The van der Waals surface area contributed by atoms with Crippen LogP contribution in [0.4, 0.5) is 0 Å². The van der Waals surface area contributed by atoms with Crippen LogP contribution in [0.5, 0.6) is 0 Å². The number of hydrogen-bond acceptors (Lipinski definition) is 0. The first-order valence-corrected chi connectivity index (χ1v) is 19.9. The Hall–Kier alpha value is -0.790. The predicted molar refractivity (Wildman–Crippen MR) is 188 cm³/mol. The number of unbranched alkanes of at least 4 members (excludes halogenated alkanes) is 28. The van der Waals surface area contributed by atoms with Crippen molar-refractivity contribution in [2.75, 3.05) is 0 Å².